The molecule has 1 aliphatic rings. The molecule has 2 amide bonds. The molecule has 2 heterocycles. The topological polar surface area (TPSA) is 67.6 Å². The summed E-state index contributed by atoms with van der Waals surface area (Å²) in [6, 6.07) is 9.89. The van der Waals surface area contributed by atoms with Crippen molar-refractivity contribution in [3.05, 3.63) is 41.7 Å². The molecule has 0 aliphatic carbocycles. The molecule has 1 aromatic carbocycles. The maximum absolute atomic E-state index is 12.4. The summed E-state index contributed by atoms with van der Waals surface area (Å²) in [5.41, 5.74) is 2.98. The second-order valence-corrected chi connectivity index (χ2v) is 6.47. The molecule has 1 saturated heterocycles. The SMILES string of the molecule is CCN(C[C@H]1CCOC1)C(=O)NCc1cc(-c2ccc(C)cc2)no1. The maximum atomic E-state index is 12.4. The number of amides is 2. The van der Waals surface area contributed by atoms with Crippen LogP contribution in [0.4, 0.5) is 4.79 Å². The van der Waals surface area contributed by atoms with Gasteiger partial charge in [0, 0.05) is 37.2 Å². The maximum Gasteiger partial charge on any atom is 0.317 e. The Labute approximate surface area is 148 Å². The van der Waals surface area contributed by atoms with Gasteiger partial charge in [-0.15, -0.1) is 0 Å². The van der Waals surface area contributed by atoms with Gasteiger partial charge in [-0.2, -0.15) is 0 Å². The molecule has 1 atom stereocenters. The minimum atomic E-state index is -0.0808. The lowest BCUT2D eigenvalue weighted by atomic mass is 10.1. The molecule has 1 fully saturated rings. The Bertz CT molecular complexity index is 690. The summed E-state index contributed by atoms with van der Waals surface area (Å²) in [6.07, 6.45) is 1.02. The summed E-state index contributed by atoms with van der Waals surface area (Å²) < 4.78 is 10.7. The second kappa shape index (κ2) is 8.16. The van der Waals surface area contributed by atoms with Crippen LogP contribution < -0.4 is 5.32 Å². The first-order valence-corrected chi connectivity index (χ1v) is 8.79. The van der Waals surface area contributed by atoms with Gasteiger partial charge < -0.3 is 19.5 Å². The van der Waals surface area contributed by atoms with Crippen LogP contribution in [-0.2, 0) is 11.3 Å². The van der Waals surface area contributed by atoms with Gasteiger partial charge in [0.05, 0.1) is 13.2 Å². The van der Waals surface area contributed by atoms with Gasteiger partial charge in [0.25, 0.3) is 0 Å². The number of carbonyl (C=O) groups excluding carboxylic acids is 1. The summed E-state index contributed by atoms with van der Waals surface area (Å²) in [6.45, 7) is 7.30. The van der Waals surface area contributed by atoms with Crippen molar-refractivity contribution in [1.29, 1.82) is 0 Å². The van der Waals surface area contributed by atoms with Gasteiger partial charge in [-0.1, -0.05) is 35.0 Å². The number of carbonyl (C=O) groups is 1. The van der Waals surface area contributed by atoms with Crippen molar-refractivity contribution in [2.24, 2.45) is 5.92 Å². The summed E-state index contributed by atoms with van der Waals surface area (Å²) in [5.74, 6) is 1.08. The standard InChI is InChI=1S/C19H25N3O3/c1-3-22(12-15-8-9-24-13-15)19(23)20-11-17-10-18(21-25-17)16-6-4-14(2)5-7-16/h4-7,10,15H,3,8-9,11-13H2,1-2H3,(H,20,23)/t15-/m1/s1. The molecule has 134 valence electrons. The molecular formula is C19H25N3O3. The van der Waals surface area contributed by atoms with Gasteiger partial charge in [0.15, 0.2) is 5.76 Å². The number of nitrogens with zero attached hydrogens (tertiary/aromatic N) is 2. The smallest absolute Gasteiger partial charge is 0.317 e. The molecule has 0 unspecified atom stereocenters. The monoisotopic (exact) mass is 343 g/mol. The largest absolute Gasteiger partial charge is 0.381 e. The first-order chi connectivity index (χ1) is 12.2. The van der Waals surface area contributed by atoms with Crippen LogP contribution >= 0.6 is 0 Å². The van der Waals surface area contributed by atoms with Crippen LogP contribution in [0.15, 0.2) is 34.9 Å². The van der Waals surface area contributed by atoms with Gasteiger partial charge in [-0.3, -0.25) is 0 Å². The third-order valence-electron chi connectivity index (χ3n) is 4.49. The minimum Gasteiger partial charge on any atom is -0.381 e. The average molecular weight is 343 g/mol. The molecule has 1 aromatic heterocycles. The molecular weight excluding hydrogens is 318 g/mol. The van der Waals surface area contributed by atoms with Crippen LogP contribution in [-0.4, -0.2) is 42.4 Å². The van der Waals surface area contributed by atoms with E-state index in [-0.39, 0.29) is 6.03 Å². The molecule has 0 radical (unpaired) electrons. The third-order valence-corrected chi connectivity index (χ3v) is 4.49. The van der Waals surface area contributed by atoms with Gasteiger partial charge in [-0.25, -0.2) is 4.79 Å². The van der Waals surface area contributed by atoms with E-state index in [1.54, 1.807) is 0 Å². The highest BCUT2D eigenvalue weighted by molar-refractivity contribution is 5.74. The number of urea groups is 1. The number of hydrogen-bond acceptors (Lipinski definition) is 4. The van der Waals surface area contributed by atoms with Gasteiger partial charge in [-0.05, 0) is 20.3 Å². The zero-order valence-corrected chi connectivity index (χ0v) is 14.8. The van der Waals surface area contributed by atoms with Crippen LogP contribution in [0.1, 0.15) is 24.7 Å². The van der Waals surface area contributed by atoms with E-state index in [0.717, 1.165) is 37.4 Å². The van der Waals surface area contributed by atoms with Crippen LogP contribution in [0.2, 0.25) is 0 Å². The van der Waals surface area contributed by atoms with Crippen LogP contribution in [0.25, 0.3) is 11.3 Å². The Morgan fingerprint density at radius 2 is 2.16 bits per heavy atom. The van der Waals surface area contributed by atoms with Crippen molar-refractivity contribution in [2.45, 2.75) is 26.8 Å². The van der Waals surface area contributed by atoms with Crippen LogP contribution in [0, 0.1) is 12.8 Å². The Morgan fingerprint density at radius 1 is 1.36 bits per heavy atom. The van der Waals surface area contributed by atoms with Crippen LogP contribution in [0.5, 0.6) is 0 Å². The molecule has 2 aromatic rings. The fourth-order valence-electron chi connectivity index (χ4n) is 2.93. The molecule has 0 bridgehead atoms. The lowest BCUT2D eigenvalue weighted by Gasteiger charge is -2.23. The van der Waals surface area contributed by atoms with Gasteiger partial charge in [0.1, 0.15) is 5.69 Å². The highest BCUT2D eigenvalue weighted by Gasteiger charge is 2.21. The second-order valence-electron chi connectivity index (χ2n) is 6.47. The number of hydrogen-bond donors (Lipinski definition) is 1. The quantitative estimate of drug-likeness (QED) is 0.874. The average Bonchev–Trinajstić information content (AvgIpc) is 3.30. The fraction of sp³-hybridized carbons (Fsp3) is 0.474. The van der Waals surface area contributed by atoms with E-state index in [1.165, 1.54) is 5.56 Å². The minimum absolute atomic E-state index is 0.0808. The van der Waals surface area contributed by atoms with Crippen molar-refractivity contribution in [3.8, 4) is 11.3 Å². The normalized spacial score (nSPS) is 16.8. The van der Waals surface area contributed by atoms with E-state index >= 15 is 0 Å². The van der Waals surface area contributed by atoms with Crippen molar-refractivity contribution in [1.82, 2.24) is 15.4 Å². The van der Waals surface area contributed by atoms with E-state index < -0.39 is 0 Å². The van der Waals surface area contributed by atoms with Crippen molar-refractivity contribution in [2.75, 3.05) is 26.3 Å². The van der Waals surface area contributed by atoms with E-state index in [0.29, 0.717) is 24.8 Å². The van der Waals surface area contributed by atoms with Gasteiger partial charge >= 0.3 is 6.03 Å². The van der Waals surface area contributed by atoms with Crippen LogP contribution in [0.3, 0.4) is 0 Å². The number of rotatable bonds is 6. The van der Waals surface area contributed by atoms with E-state index in [2.05, 4.69) is 10.5 Å². The molecule has 0 spiro atoms. The molecule has 0 saturated carbocycles. The van der Waals surface area contributed by atoms with E-state index in [1.807, 2.05) is 49.1 Å². The lowest BCUT2D eigenvalue weighted by molar-refractivity contribution is 0.165. The number of aryl methyl sites for hydroxylation is 1. The molecule has 1 N–H and O–H groups in total. The van der Waals surface area contributed by atoms with E-state index in [4.69, 9.17) is 9.26 Å². The number of benzene rings is 1. The van der Waals surface area contributed by atoms with Crippen molar-refractivity contribution in [3.63, 3.8) is 0 Å². The predicted octanol–water partition coefficient (Wildman–Crippen LogP) is 3.22. The highest BCUT2D eigenvalue weighted by atomic mass is 16.5. The van der Waals surface area contributed by atoms with Gasteiger partial charge in [0.2, 0.25) is 0 Å². The first-order valence-electron chi connectivity index (χ1n) is 8.79. The molecule has 25 heavy (non-hydrogen) atoms. The Hall–Kier alpha value is -2.34. The third kappa shape index (κ3) is 4.60. The van der Waals surface area contributed by atoms with Crippen molar-refractivity contribution >= 4 is 6.03 Å². The highest BCUT2D eigenvalue weighted by Crippen LogP contribution is 2.19. The first kappa shape index (κ1) is 17.5. The summed E-state index contributed by atoms with van der Waals surface area (Å²) in [4.78, 5) is 14.2. The summed E-state index contributed by atoms with van der Waals surface area (Å²) in [7, 11) is 0. The van der Waals surface area contributed by atoms with E-state index in [9.17, 15) is 4.79 Å². The summed E-state index contributed by atoms with van der Waals surface area (Å²) >= 11 is 0. The zero-order chi connectivity index (χ0) is 17.6. The Morgan fingerprint density at radius 3 is 2.84 bits per heavy atom. The van der Waals surface area contributed by atoms with Crippen molar-refractivity contribution < 1.29 is 14.1 Å². The zero-order valence-electron chi connectivity index (χ0n) is 14.8. The summed E-state index contributed by atoms with van der Waals surface area (Å²) in [5, 5.41) is 7.00. The Kier molecular flexibility index (Phi) is 5.71. The molecule has 6 nitrogen and oxygen atoms in total. The lowest BCUT2D eigenvalue weighted by Crippen LogP contribution is -2.42. The fourth-order valence-corrected chi connectivity index (χ4v) is 2.93. The predicted molar refractivity (Wildman–Crippen MR) is 95.1 cm³/mol. The molecule has 1 aliphatic heterocycles. The number of aromatic nitrogens is 1. The molecule has 6 heteroatoms. The molecule has 3 rings (SSSR count). The number of ether oxygens (including phenoxy) is 1. The Balaban J connectivity index is 1.53. The number of nitrogens with one attached hydrogen (secondary N) is 1.